The summed E-state index contributed by atoms with van der Waals surface area (Å²) in [6.07, 6.45) is 4.83. The zero-order valence-electron chi connectivity index (χ0n) is 11.5. The minimum Gasteiger partial charge on any atom is -0.367 e. The van der Waals surface area contributed by atoms with Crippen LogP contribution in [0.1, 0.15) is 37.6 Å². The molecule has 1 aliphatic rings. The van der Waals surface area contributed by atoms with E-state index in [4.69, 9.17) is 15.0 Å². The second-order valence-electron chi connectivity index (χ2n) is 5.22. The fraction of sp³-hybridized carbons (Fsp3) is 0.500. The second kappa shape index (κ2) is 5.30. The molecule has 3 rings (SSSR count). The number of hydrogen-bond donors (Lipinski definition) is 1. The van der Waals surface area contributed by atoms with Crippen LogP contribution >= 0.6 is 0 Å². The highest BCUT2D eigenvalue weighted by Gasteiger charge is 2.35. The Morgan fingerprint density at radius 3 is 2.90 bits per heavy atom. The fourth-order valence-corrected chi connectivity index (χ4v) is 2.32. The molecule has 2 N–H and O–H groups in total. The molecular formula is C14H18N4O2. The van der Waals surface area contributed by atoms with Crippen molar-refractivity contribution < 1.29 is 9.26 Å². The predicted octanol–water partition coefficient (Wildman–Crippen LogP) is 2.01. The number of pyridine rings is 1. The quantitative estimate of drug-likeness (QED) is 0.921. The van der Waals surface area contributed by atoms with Gasteiger partial charge in [0.25, 0.3) is 5.89 Å². The summed E-state index contributed by atoms with van der Waals surface area (Å²) in [6.45, 7) is 3.21. The summed E-state index contributed by atoms with van der Waals surface area (Å²) in [5.74, 6) is 1.01. The third-order valence-electron chi connectivity index (χ3n) is 3.65. The van der Waals surface area contributed by atoms with Gasteiger partial charge >= 0.3 is 0 Å². The first-order valence-electron chi connectivity index (χ1n) is 6.85. The number of ether oxygens (including phenoxy) is 1. The van der Waals surface area contributed by atoms with Gasteiger partial charge in [-0.3, -0.25) is 4.98 Å². The number of nitrogens with two attached hydrogens (primary N) is 1. The van der Waals surface area contributed by atoms with Crippen molar-refractivity contribution in [1.29, 1.82) is 0 Å². The molecule has 1 atom stereocenters. The first-order valence-corrected chi connectivity index (χ1v) is 6.85. The lowest BCUT2D eigenvalue weighted by Gasteiger charge is -2.30. The standard InChI is InChI=1S/C14H18N4O2/c1-14(6-2-3-7-19-14)13-17-12(20-18-13)11-5-4-10(8-15)9-16-11/h4-5,9H,2-3,6-8,15H2,1H3. The second-order valence-corrected chi connectivity index (χ2v) is 5.22. The third-order valence-corrected chi connectivity index (χ3v) is 3.65. The van der Waals surface area contributed by atoms with Crippen molar-refractivity contribution in [2.24, 2.45) is 5.73 Å². The Balaban J connectivity index is 1.85. The fourth-order valence-electron chi connectivity index (χ4n) is 2.32. The van der Waals surface area contributed by atoms with Gasteiger partial charge in [-0.2, -0.15) is 4.98 Å². The van der Waals surface area contributed by atoms with Gasteiger partial charge in [-0.25, -0.2) is 0 Å². The Bertz CT molecular complexity index is 573. The summed E-state index contributed by atoms with van der Waals surface area (Å²) in [4.78, 5) is 8.72. The zero-order valence-corrected chi connectivity index (χ0v) is 11.5. The van der Waals surface area contributed by atoms with Crippen LogP contribution in [0.15, 0.2) is 22.9 Å². The summed E-state index contributed by atoms with van der Waals surface area (Å²) >= 11 is 0. The molecule has 6 heteroatoms. The van der Waals surface area contributed by atoms with E-state index in [1.54, 1.807) is 6.20 Å². The van der Waals surface area contributed by atoms with Crippen molar-refractivity contribution in [3.05, 3.63) is 29.7 Å². The molecule has 2 aromatic rings. The third kappa shape index (κ3) is 2.44. The Morgan fingerprint density at radius 1 is 1.35 bits per heavy atom. The van der Waals surface area contributed by atoms with Crippen LogP contribution in [-0.4, -0.2) is 21.7 Å². The maximum absolute atomic E-state index is 5.82. The molecule has 1 saturated heterocycles. The minimum absolute atomic E-state index is 0.416. The highest BCUT2D eigenvalue weighted by molar-refractivity contribution is 5.46. The largest absolute Gasteiger partial charge is 0.367 e. The number of aromatic nitrogens is 3. The van der Waals surface area contributed by atoms with E-state index in [9.17, 15) is 0 Å². The smallest absolute Gasteiger partial charge is 0.276 e. The maximum Gasteiger partial charge on any atom is 0.276 e. The van der Waals surface area contributed by atoms with E-state index in [1.165, 1.54) is 0 Å². The Hall–Kier alpha value is -1.79. The SMILES string of the molecule is CC1(c2noc(-c3ccc(CN)cn3)n2)CCCCO1. The van der Waals surface area contributed by atoms with Gasteiger partial charge in [0.2, 0.25) is 5.82 Å². The van der Waals surface area contributed by atoms with Gasteiger partial charge in [-0.05, 0) is 37.8 Å². The van der Waals surface area contributed by atoms with E-state index in [1.807, 2.05) is 19.1 Å². The van der Waals surface area contributed by atoms with Gasteiger partial charge in [0.15, 0.2) is 0 Å². The average molecular weight is 274 g/mol. The Kier molecular flexibility index (Phi) is 3.50. The van der Waals surface area contributed by atoms with Crippen LogP contribution in [0, 0.1) is 0 Å². The van der Waals surface area contributed by atoms with Crippen molar-refractivity contribution in [2.75, 3.05) is 6.61 Å². The van der Waals surface area contributed by atoms with Gasteiger partial charge in [0.05, 0.1) is 0 Å². The van der Waals surface area contributed by atoms with E-state index < -0.39 is 5.60 Å². The lowest BCUT2D eigenvalue weighted by molar-refractivity contribution is -0.0770. The molecule has 1 unspecified atom stereocenters. The Morgan fingerprint density at radius 2 is 2.25 bits per heavy atom. The van der Waals surface area contributed by atoms with Crippen molar-refractivity contribution >= 4 is 0 Å². The molecular weight excluding hydrogens is 256 g/mol. The highest BCUT2D eigenvalue weighted by atomic mass is 16.5. The number of nitrogens with zero attached hydrogens (tertiary/aromatic N) is 3. The summed E-state index contributed by atoms with van der Waals surface area (Å²) in [6, 6.07) is 3.74. The van der Waals surface area contributed by atoms with E-state index in [-0.39, 0.29) is 0 Å². The van der Waals surface area contributed by atoms with Crippen molar-refractivity contribution in [3.63, 3.8) is 0 Å². The van der Waals surface area contributed by atoms with E-state index in [0.717, 1.165) is 31.4 Å². The highest BCUT2D eigenvalue weighted by Crippen LogP contribution is 2.33. The number of rotatable bonds is 3. The zero-order chi connectivity index (χ0) is 14.0. The lowest BCUT2D eigenvalue weighted by Crippen LogP contribution is -2.31. The van der Waals surface area contributed by atoms with Crippen molar-refractivity contribution in [2.45, 2.75) is 38.3 Å². The molecule has 0 radical (unpaired) electrons. The summed E-state index contributed by atoms with van der Waals surface area (Å²) in [5, 5.41) is 4.05. The molecule has 106 valence electrons. The molecule has 0 bridgehead atoms. The monoisotopic (exact) mass is 274 g/mol. The summed E-state index contributed by atoms with van der Waals surface area (Å²) in [7, 11) is 0. The Labute approximate surface area is 117 Å². The van der Waals surface area contributed by atoms with Gasteiger partial charge in [-0.1, -0.05) is 11.2 Å². The molecule has 0 spiro atoms. The molecule has 0 aliphatic carbocycles. The molecule has 0 amide bonds. The topological polar surface area (TPSA) is 87.1 Å². The van der Waals surface area contributed by atoms with Crippen LogP contribution in [0.5, 0.6) is 0 Å². The molecule has 3 heterocycles. The van der Waals surface area contributed by atoms with Crippen LogP contribution in [0.3, 0.4) is 0 Å². The van der Waals surface area contributed by atoms with Crippen LogP contribution in [-0.2, 0) is 16.9 Å². The number of hydrogen-bond acceptors (Lipinski definition) is 6. The molecule has 1 fully saturated rings. The summed E-state index contributed by atoms with van der Waals surface area (Å²) < 4.78 is 11.1. The van der Waals surface area contributed by atoms with E-state index >= 15 is 0 Å². The predicted molar refractivity (Wildman–Crippen MR) is 72.6 cm³/mol. The molecule has 0 saturated carbocycles. The molecule has 2 aromatic heterocycles. The lowest BCUT2D eigenvalue weighted by atomic mass is 9.95. The van der Waals surface area contributed by atoms with Gasteiger partial charge in [0.1, 0.15) is 11.3 Å². The minimum atomic E-state index is -0.447. The first-order chi connectivity index (χ1) is 9.71. The van der Waals surface area contributed by atoms with Crippen molar-refractivity contribution in [1.82, 2.24) is 15.1 Å². The van der Waals surface area contributed by atoms with Crippen LogP contribution in [0.2, 0.25) is 0 Å². The van der Waals surface area contributed by atoms with Crippen LogP contribution in [0.25, 0.3) is 11.6 Å². The van der Waals surface area contributed by atoms with Crippen LogP contribution < -0.4 is 5.73 Å². The summed E-state index contributed by atoms with van der Waals surface area (Å²) in [5.41, 5.74) is 6.72. The van der Waals surface area contributed by atoms with Gasteiger partial charge in [0, 0.05) is 19.3 Å². The first kappa shape index (κ1) is 13.2. The van der Waals surface area contributed by atoms with E-state index in [0.29, 0.717) is 24.0 Å². The van der Waals surface area contributed by atoms with Gasteiger partial charge < -0.3 is 15.0 Å². The molecule has 6 nitrogen and oxygen atoms in total. The molecule has 1 aliphatic heterocycles. The normalized spacial score (nSPS) is 22.9. The van der Waals surface area contributed by atoms with E-state index in [2.05, 4.69) is 15.1 Å². The average Bonchev–Trinajstić information content (AvgIpc) is 2.99. The molecule has 0 aromatic carbocycles. The molecule has 20 heavy (non-hydrogen) atoms. The maximum atomic E-state index is 5.82. The van der Waals surface area contributed by atoms with Crippen molar-refractivity contribution in [3.8, 4) is 11.6 Å². The van der Waals surface area contributed by atoms with Gasteiger partial charge in [-0.15, -0.1) is 0 Å². The van der Waals surface area contributed by atoms with Crippen LogP contribution in [0.4, 0.5) is 0 Å².